The molecular formula is C13H16S. The van der Waals surface area contributed by atoms with Gasteiger partial charge in [0.2, 0.25) is 0 Å². The van der Waals surface area contributed by atoms with E-state index >= 15 is 0 Å². The Labute approximate surface area is 89.6 Å². The summed E-state index contributed by atoms with van der Waals surface area (Å²) >= 11 is 1.82. The normalized spacial score (nSPS) is 12.3. The Kier molecular flexibility index (Phi) is 2.15. The minimum absolute atomic E-state index is 0.250. The molecule has 0 N–H and O–H groups in total. The third-order valence-electron chi connectivity index (χ3n) is 2.71. The highest BCUT2D eigenvalue weighted by molar-refractivity contribution is 7.17. The fourth-order valence-corrected chi connectivity index (χ4v) is 2.85. The number of aryl methyl sites for hydroxylation is 1. The van der Waals surface area contributed by atoms with Crippen molar-refractivity contribution in [2.45, 2.75) is 33.1 Å². The molecule has 1 aromatic carbocycles. The molecule has 0 unspecified atom stereocenters. The van der Waals surface area contributed by atoms with Crippen LogP contribution in [0.3, 0.4) is 0 Å². The Morgan fingerprint density at radius 2 is 1.79 bits per heavy atom. The topological polar surface area (TPSA) is 0 Å². The second kappa shape index (κ2) is 3.09. The van der Waals surface area contributed by atoms with E-state index in [1.165, 1.54) is 21.2 Å². The Bertz CT molecular complexity index is 458. The van der Waals surface area contributed by atoms with Gasteiger partial charge in [-0.1, -0.05) is 26.8 Å². The fraction of sp³-hybridized carbons (Fsp3) is 0.385. The van der Waals surface area contributed by atoms with Crippen molar-refractivity contribution in [3.8, 4) is 0 Å². The minimum Gasteiger partial charge on any atom is -0.144 e. The van der Waals surface area contributed by atoms with E-state index in [2.05, 4.69) is 51.3 Å². The zero-order chi connectivity index (χ0) is 10.3. The predicted octanol–water partition coefficient (Wildman–Crippen LogP) is 4.51. The van der Waals surface area contributed by atoms with Gasteiger partial charge in [-0.05, 0) is 46.4 Å². The van der Waals surface area contributed by atoms with E-state index in [4.69, 9.17) is 0 Å². The molecule has 0 aliphatic heterocycles. The molecule has 0 saturated carbocycles. The summed E-state index contributed by atoms with van der Waals surface area (Å²) in [5, 5.41) is 3.59. The molecule has 0 radical (unpaired) electrons. The maximum atomic E-state index is 2.27. The van der Waals surface area contributed by atoms with Gasteiger partial charge in [-0.2, -0.15) is 0 Å². The molecule has 74 valence electrons. The van der Waals surface area contributed by atoms with E-state index in [0.29, 0.717) is 0 Å². The van der Waals surface area contributed by atoms with Crippen molar-refractivity contribution >= 4 is 21.4 Å². The lowest BCUT2D eigenvalue weighted by atomic mass is 9.83. The molecule has 1 heterocycles. The van der Waals surface area contributed by atoms with Crippen molar-refractivity contribution in [1.29, 1.82) is 0 Å². The summed E-state index contributed by atoms with van der Waals surface area (Å²) in [7, 11) is 0. The van der Waals surface area contributed by atoms with Gasteiger partial charge in [0.25, 0.3) is 0 Å². The van der Waals surface area contributed by atoms with E-state index in [1.54, 1.807) is 0 Å². The molecule has 0 saturated heterocycles. The summed E-state index contributed by atoms with van der Waals surface area (Å²) in [5.74, 6) is 0. The molecule has 1 heteroatoms. The van der Waals surface area contributed by atoms with Crippen LogP contribution in [0.25, 0.3) is 10.1 Å². The van der Waals surface area contributed by atoms with E-state index in [1.807, 2.05) is 11.3 Å². The third kappa shape index (κ3) is 1.46. The van der Waals surface area contributed by atoms with Gasteiger partial charge in [-0.15, -0.1) is 11.3 Å². The minimum atomic E-state index is 0.250. The first-order chi connectivity index (χ1) is 6.50. The van der Waals surface area contributed by atoms with Crippen LogP contribution >= 0.6 is 11.3 Å². The highest BCUT2D eigenvalue weighted by Gasteiger charge is 2.17. The largest absolute Gasteiger partial charge is 0.144 e. The first kappa shape index (κ1) is 9.72. The summed E-state index contributed by atoms with van der Waals surface area (Å²) in [6.07, 6.45) is 0. The molecule has 2 rings (SSSR count). The highest BCUT2D eigenvalue weighted by atomic mass is 32.1. The lowest BCUT2D eigenvalue weighted by Crippen LogP contribution is -2.12. The summed E-state index contributed by atoms with van der Waals surface area (Å²) in [5.41, 5.74) is 3.15. The maximum absolute atomic E-state index is 2.27. The smallest absolute Gasteiger partial charge is 0.0345 e. The van der Waals surface area contributed by atoms with Gasteiger partial charge in [-0.25, -0.2) is 0 Å². The van der Waals surface area contributed by atoms with Gasteiger partial charge in [0, 0.05) is 4.70 Å². The molecule has 0 spiro atoms. The zero-order valence-electron chi connectivity index (χ0n) is 9.22. The molecular weight excluding hydrogens is 188 g/mol. The molecule has 0 aliphatic rings. The Balaban J connectivity index is 2.74. The molecule has 1 aromatic heterocycles. The lowest BCUT2D eigenvalue weighted by molar-refractivity contribution is 0.587. The SMILES string of the molecule is Cc1c(C(C)(C)C)ccc2sccc12. The van der Waals surface area contributed by atoms with Crippen LogP contribution in [-0.2, 0) is 5.41 Å². The van der Waals surface area contributed by atoms with Crippen LogP contribution in [0.1, 0.15) is 31.9 Å². The Morgan fingerprint density at radius 3 is 2.43 bits per heavy atom. The number of fused-ring (bicyclic) bond motifs is 1. The first-order valence-electron chi connectivity index (χ1n) is 4.97. The summed E-state index contributed by atoms with van der Waals surface area (Å²) in [6, 6.07) is 6.74. The average molecular weight is 204 g/mol. The average Bonchev–Trinajstić information content (AvgIpc) is 2.50. The van der Waals surface area contributed by atoms with E-state index in [-0.39, 0.29) is 5.41 Å². The molecule has 0 aliphatic carbocycles. The van der Waals surface area contributed by atoms with Gasteiger partial charge in [-0.3, -0.25) is 0 Å². The van der Waals surface area contributed by atoms with Gasteiger partial charge in [0.1, 0.15) is 0 Å². The number of hydrogen-bond donors (Lipinski definition) is 0. The van der Waals surface area contributed by atoms with Crippen LogP contribution in [0.2, 0.25) is 0 Å². The molecule has 0 amide bonds. The van der Waals surface area contributed by atoms with Crippen molar-refractivity contribution in [1.82, 2.24) is 0 Å². The molecule has 0 atom stereocenters. The van der Waals surface area contributed by atoms with Gasteiger partial charge in [0.05, 0.1) is 0 Å². The summed E-state index contributed by atoms with van der Waals surface area (Å²) in [4.78, 5) is 0. The van der Waals surface area contributed by atoms with E-state index in [9.17, 15) is 0 Å². The zero-order valence-corrected chi connectivity index (χ0v) is 10.0. The number of thiophene rings is 1. The fourth-order valence-electron chi connectivity index (χ4n) is 2.00. The second-order valence-electron chi connectivity index (χ2n) is 4.82. The predicted molar refractivity (Wildman–Crippen MR) is 65.3 cm³/mol. The quantitative estimate of drug-likeness (QED) is 0.592. The van der Waals surface area contributed by atoms with Crippen molar-refractivity contribution < 1.29 is 0 Å². The Hall–Kier alpha value is -0.820. The Morgan fingerprint density at radius 1 is 1.07 bits per heavy atom. The van der Waals surface area contributed by atoms with Crippen LogP contribution in [0.5, 0.6) is 0 Å². The summed E-state index contributed by atoms with van der Waals surface area (Å²) < 4.78 is 1.40. The number of benzene rings is 1. The summed E-state index contributed by atoms with van der Waals surface area (Å²) in [6.45, 7) is 9.05. The van der Waals surface area contributed by atoms with Crippen LogP contribution in [0.4, 0.5) is 0 Å². The molecule has 14 heavy (non-hydrogen) atoms. The standard InChI is InChI=1S/C13H16S/c1-9-10-7-8-14-12(10)6-5-11(9)13(2,3)4/h5-8H,1-4H3. The van der Waals surface area contributed by atoms with Gasteiger partial charge < -0.3 is 0 Å². The van der Waals surface area contributed by atoms with Crippen LogP contribution in [-0.4, -0.2) is 0 Å². The van der Waals surface area contributed by atoms with Crippen LogP contribution in [0, 0.1) is 6.92 Å². The van der Waals surface area contributed by atoms with Crippen molar-refractivity contribution in [2.75, 3.05) is 0 Å². The monoisotopic (exact) mass is 204 g/mol. The molecule has 0 fully saturated rings. The van der Waals surface area contributed by atoms with Crippen LogP contribution in [0.15, 0.2) is 23.6 Å². The van der Waals surface area contributed by atoms with Crippen molar-refractivity contribution in [3.63, 3.8) is 0 Å². The van der Waals surface area contributed by atoms with Gasteiger partial charge in [0.15, 0.2) is 0 Å². The number of hydrogen-bond acceptors (Lipinski definition) is 1. The van der Waals surface area contributed by atoms with E-state index < -0.39 is 0 Å². The highest BCUT2D eigenvalue weighted by Crippen LogP contribution is 2.32. The maximum Gasteiger partial charge on any atom is 0.0345 e. The lowest BCUT2D eigenvalue weighted by Gasteiger charge is -2.22. The van der Waals surface area contributed by atoms with Crippen LogP contribution < -0.4 is 0 Å². The first-order valence-corrected chi connectivity index (χ1v) is 5.85. The van der Waals surface area contributed by atoms with Crippen molar-refractivity contribution in [2.24, 2.45) is 0 Å². The second-order valence-corrected chi connectivity index (χ2v) is 5.77. The third-order valence-corrected chi connectivity index (χ3v) is 3.59. The van der Waals surface area contributed by atoms with Gasteiger partial charge >= 0.3 is 0 Å². The number of rotatable bonds is 0. The molecule has 2 aromatic rings. The van der Waals surface area contributed by atoms with E-state index in [0.717, 1.165) is 0 Å². The molecule has 0 bridgehead atoms. The molecule has 0 nitrogen and oxygen atoms in total. The van der Waals surface area contributed by atoms with Crippen molar-refractivity contribution in [3.05, 3.63) is 34.7 Å².